The summed E-state index contributed by atoms with van der Waals surface area (Å²) in [5.74, 6) is -3.00. The Morgan fingerprint density at radius 1 is 0.542 bits per heavy atom. The number of aliphatic carboxylic acids is 2. The van der Waals surface area contributed by atoms with E-state index in [2.05, 4.69) is 16.0 Å². The monoisotopic (exact) mass is 688 g/mol. The zero-order valence-electron chi connectivity index (χ0n) is 28.4. The molecule has 277 valence electrons. The molecule has 48 heavy (non-hydrogen) atoms. The smallest absolute Gasteiger partial charge is 0.326 e. The quantitative estimate of drug-likeness (QED) is 0.0600. The summed E-state index contributed by atoms with van der Waals surface area (Å²) in [5.41, 5.74) is 0. The summed E-state index contributed by atoms with van der Waals surface area (Å²) in [7, 11) is 0. The molecule has 1 radical (unpaired) electrons. The highest BCUT2D eigenvalue weighted by molar-refractivity contribution is 5.85. The number of carbonyl (C=O) groups is 5. The lowest BCUT2D eigenvalue weighted by atomic mass is 10.0. The molecule has 0 aromatic rings. The minimum atomic E-state index is -1.26. The predicted octanol–water partition coefficient (Wildman–Crippen LogP) is 2.29. The molecule has 0 unspecified atom stereocenters. The van der Waals surface area contributed by atoms with Crippen molar-refractivity contribution in [1.82, 2.24) is 16.0 Å². The van der Waals surface area contributed by atoms with E-state index in [4.69, 9.17) is 24.1 Å². The largest absolute Gasteiger partial charge is 0.481 e. The summed E-state index contributed by atoms with van der Waals surface area (Å²) >= 11 is 0. The average Bonchev–Trinajstić information content (AvgIpc) is 3.05. The van der Waals surface area contributed by atoms with E-state index in [-0.39, 0.29) is 83.9 Å². The molecule has 0 fully saturated rings. The number of carboxylic acids is 2. The number of unbranched alkanes of at least 4 members (excludes halogenated alkanes) is 11. The van der Waals surface area contributed by atoms with Gasteiger partial charge in [-0.1, -0.05) is 64.2 Å². The van der Waals surface area contributed by atoms with Gasteiger partial charge in [0.25, 0.3) is 0 Å². The van der Waals surface area contributed by atoms with E-state index in [0.29, 0.717) is 19.6 Å². The van der Waals surface area contributed by atoms with Gasteiger partial charge in [-0.25, -0.2) is 4.79 Å². The Morgan fingerprint density at radius 2 is 1.00 bits per heavy atom. The van der Waals surface area contributed by atoms with Gasteiger partial charge >= 0.3 is 11.9 Å². The van der Waals surface area contributed by atoms with Gasteiger partial charge in [-0.15, -0.1) is 0 Å². The van der Waals surface area contributed by atoms with Gasteiger partial charge in [0.2, 0.25) is 24.0 Å². The second-order valence-corrected chi connectivity index (χ2v) is 11.3. The Labute approximate surface area is 284 Å². The third-order valence-corrected chi connectivity index (χ3v) is 7.11. The standard InChI is InChI=1S/C33H58N3O12/c37-19-22-47-24-23-45-21-18-35-30(39)16-15-28(33(43)44)36-31(40)27-48-26-25-46-20-17-34-29(38)13-11-9-7-5-3-1-2-4-6-8-10-12-14-32(41)42/h28H,1-18,20-27H2,(H,34,38)(H,35,39)(H,36,40)(H,41,42)(H,43,44)/t28-/m0/s1. The number of hydrogen-bond donors (Lipinski definition) is 5. The van der Waals surface area contributed by atoms with Crippen molar-refractivity contribution in [3.63, 3.8) is 0 Å². The molecule has 0 saturated heterocycles. The van der Waals surface area contributed by atoms with Crippen molar-refractivity contribution in [3.05, 3.63) is 0 Å². The molecule has 0 spiro atoms. The summed E-state index contributed by atoms with van der Waals surface area (Å²) in [6, 6.07) is -1.24. The van der Waals surface area contributed by atoms with Gasteiger partial charge in [0.05, 0.1) is 39.6 Å². The van der Waals surface area contributed by atoms with E-state index in [1.165, 1.54) is 38.5 Å². The lowest BCUT2D eigenvalue weighted by molar-refractivity contribution is -0.143. The van der Waals surface area contributed by atoms with Crippen molar-refractivity contribution in [2.24, 2.45) is 0 Å². The molecule has 15 nitrogen and oxygen atoms in total. The molecule has 0 aromatic heterocycles. The third-order valence-electron chi connectivity index (χ3n) is 7.11. The second-order valence-electron chi connectivity index (χ2n) is 11.3. The first-order valence-corrected chi connectivity index (χ1v) is 17.2. The molecule has 0 saturated carbocycles. The molecule has 0 aliphatic heterocycles. The summed E-state index contributed by atoms with van der Waals surface area (Å²) in [4.78, 5) is 67.9. The highest BCUT2D eigenvalue weighted by atomic mass is 16.5. The van der Waals surface area contributed by atoms with Crippen LogP contribution in [0.15, 0.2) is 0 Å². The van der Waals surface area contributed by atoms with Gasteiger partial charge in [-0.2, -0.15) is 0 Å². The number of nitrogens with one attached hydrogen (secondary N) is 3. The summed E-state index contributed by atoms with van der Waals surface area (Å²) in [5, 5.41) is 25.7. The molecular weight excluding hydrogens is 630 g/mol. The maximum absolute atomic E-state index is 12.1. The third kappa shape index (κ3) is 32.8. The topological polar surface area (TPSA) is 216 Å². The number of hydrogen-bond acceptors (Lipinski definition) is 10. The lowest BCUT2D eigenvalue weighted by Crippen LogP contribution is -2.43. The molecule has 0 aliphatic carbocycles. The Kier molecular flexibility index (Phi) is 31.5. The molecule has 1 atom stereocenters. The first-order valence-electron chi connectivity index (χ1n) is 17.2. The van der Waals surface area contributed by atoms with Crippen LogP contribution < -0.4 is 16.0 Å². The number of rotatable bonds is 36. The van der Waals surface area contributed by atoms with Gasteiger partial charge in [-0.3, -0.25) is 24.0 Å². The van der Waals surface area contributed by atoms with E-state index < -0.39 is 23.9 Å². The Bertz CT molecular complexity index is 875. The molecule has 0 aliphatic rings. The summed E-state index contributed by atoms with van der Waals surface area (Å²) in [6.45, 7) is 1.41. The number of ether oxygens (including phenoxy) is 4. The molecule has 0 bridgehead atoms. The minimum Gasteiger partial charge on any atom is -0.481 e. The van der Waals surface area contributed by atoms with Crippen molar-refractivity contribution < 1.29 is 57.9 Å². The van der Waals surface area contributed by atoms with Gasteiger partial charge < -0.3 is 45.1 Å². The highest BCUT2D eigenvalue weighted by Crippen LogP contribution is 2.13. The van der Waals surface area contributed by atoms with Gasteiger partial charge in [-0.05, 0) is 19.3 Å². The molecule has 0 heterocycles. The molecule has 0 rings (SSSR count). The van der Waals surface area contributed by atoms with E-state index in [1.54, 1.807) is 6.29 Å². The maximum atomic E-state index is 12.1. The maximum Gasteiger partial charge on any atom is 0.326 e. The van der Waals surface area contributed by atoms with Crippen LogP contribution in [0.3, 0.4) is 0 Å². The molecule has 15 heteroatoms. The van der Waals surface area contributed by atoms with Gasteiger partial charge in [0, 0.05) is 32.4 Å². The first-order chi connectivity index (χ1) is 23.3. The number of carboxylic acid groups (broad SMARTS) is 2. The summed E-state index contributed by atoms with van der Waals surface area (Å²) in [6.07, 6.45) is 15.3. The Hall–Kier alpha value is -3.14. The zero-order chi connectivity index (χ0) is 35.5. The van der Waals surface area contributed by atoms with E-state index in [9.17, 15) is 33.9 Å². The molecule has 0 aromatic carbocycles. The normalized spacial score (nSPS) is 11.5. The van der Waals surface area contributed by atoms with Crippen molar-refractivity contribution in [2.75, 3.05) is 65.9 Å². The van der Waals surface area contributed by atoms with Crippen LogP contribution in [-0.2, 0) is 47.7 Å². The second kappa shape index (κ2) is 33.7. The predicted molar refractivity (Wildman–Crippen MR) is 176 cm³/mol. The van der Waals surface area contributed by atoms with Crippen LogP contribution in [0.25, 0.3) is 0 Å². The Balaban J connectivity index is 3.62. The zero-order valence-corrected chi connectivity index (χ0v) is 28.4. The SMILES string of the molecule is O=[C]COCCOCCNC(=O)CC[C@H](NC(=O)COCCOCCNC(=O)CCCCCCCCCCCCCCC(=O)O)C(=O)O. The molecule has 3 amide bonds. The van der Waals surface area contributed by atoms with Gasteiger partial charge in [0.1, 0.15) is 19.3 Å². The number of amides is 3. The fourth-order valence-corrected chi connectivity index (χ4v) is 4.52. The minimum absolute atomic E-state index is 0.0115. The Morgan fingerprint density at radius 3 is 1.50 bits per heavy atom. The van der Waals surface area contributed by atoms with E-state index in [1.807, 2.05) is 0 Å². The van der Waals surface area contributed by atoms with Crippen LogP contribution in [-0.4, -0.2) is 118 Å². The van der Waals surface area contributed by atoms with Crippen molar-refractivity contribution in [1.29, 1.82) is 0 Å². The van der Waals surface area contributed by atoms with Crippen molar-refractivity contribution in [3.8, 4) is 0 Å². The van der Waals surface area contributed by atoms with Crippen molar-refractivity contribution in [2.45, 2.75) is 109 Å². The van der Waals surface area contributed by atoms with Crippen LogP contribution >= 0.6 is 0 Å². The lowest BCUT2D eigenvalue weighted by Gasteiger charge is -2.14. The van der Waals surface area contributed by atoms with Crippen LogP contribution in [0.4, 0.5) is 0 Å². The first kappa shape index (κ1) is 44.9. The highest BCUT2D eigenvalue weighted by Gasteiger charge is 2.21. The van der Waals surface area contributed by atoms with Gasteiger partial charge in [0.15, 0.2) is 0 Å². The fourth-order valence-electron chi connectivity index (χ4n) is 4.52. The summed E-state index contributed by atoms with van der Waals surface area (Å²) < 4.78 is 20.7. The van der Waals surface area contributed by atoms with Crippen molar-refractivity contribution >= 4 is 35.9 Å². The molecule has 5 N–H and O–H groups in total. The van der Waals surface area contributed by atoms with Crippen LogP contribution in [0.2, 0.25) is 0 Å². The van der Waals surface area contributed by atoms with E-state index >= 15 is 0 Å². The number of carbonyl (C=O) groups excluding carboxylic acids is 4. The van der Waals surface area contributed by atoms with Crippen LogP contribution in [0.5, 0.6) is 0 Å². The molecular formula is C33H58N3O12. The fraction of sp³-hybridized carbons (Fsp3) is 0.818. The van der Waals surface area contributed by atoms with Crippen LogP contribution in [0.1, 0.15) is 103 Å². The van der Waals surface area contributed by atoms with Crippen LogP contribution in [0, 0.1) is 0 Å². The van der Waals surface area contributed by atoms with E-state index in [0.717, 1.165) is 38.5 Å². The average molecular weight is 689 g/mol.